The van der Waals surface area contributed by atoms with Crippen LogP contribution in [0.1, 0.15) is 18.4 Å². The van der Waals surface area contributed by atoms with E-state index in [0.29, 0.717) is 16.8 Å². The number of non-ortho nitro benzene ring substituents is 1. The Morgan fingerprint density at radius 2 is 1.97 bits per heavy atom. The minimum absolute atomic E-state index is 0.0622. The van der Waals surface area contributed by atoms with Crippen LogP contribution in [0.3, 0.4) is 0 Å². The predicted octanol–water partition coefficient (Wildman–Crippen LogP) is 3.28. The highest BCUT2D eigenvalue weighted by Crippen LogP contribution is 2.27. The van der Waals surface area contributed by atoms with Crippen LogP contribution in [-0.2, 0) is 14.3 Å². The van der Waals surface area contributed by atoms with Crippen molar-refractivity contribution in [3.8, 4) is 16.9 Å². The summed E-state index contributed by atoms with van der Waals surface area (Å²) in [5, 5.41) is 18.5. The molecule has 2 aromatic carbocycles. The van der Waals surface area contributed by atoms with Crippen LogP contribution >= 0.6 is 0 Å². The third-order valence-corrected chi connectivity index (χ3v) is 4.78. The van der Waals surface area contributed by atoms with Gasteiger partial charge in [-0.25, -0.2) is 9.48 Å². The fraction of sp³-hybridized carbons (Fsp3) is 0.174. The fourth-order valence-corrected chi connectivity index (χ4v) is 3.05. The SMILES string of the molecule is O=C(COC(=O)/C=C/c1cn(-c2ccccc2)nc1-c1cccc([N+](=O)[O-])c1)NC1CC1. The van der Waals surface area contributed by atoms with Crippen LogP contribution in [0.25, 0.3) is 23.0 Å². The van der Waals surface area contributed by atoms with E-state index in [-0.39, 0.29) is 24.2 Å². The molecule has 0 aliphatic heterocycles. The maximum absolute atomic E-state index is 12.1. The Hall–Kier alpha value is -4.27. The van der Waals surface area contributed by atoms with E-state index in [9.17, 15) is 19.7 Å². The molecule has 0 spiro atoms. The summed E-state index contributed by atoms with van der Waals surface area (Å²) in [6, 6.07) is 15.6. The smallest absolute Gasteiger partial charge is 0.331 e. The van der Waals surface area contributed by atoms with Crippen molar-refractivity contribution in [2.75, 3.05) is 6.61 Å². The number of nitrogens with one attached hydrogen (secondary N) is 1. The van der Waals surface area contributed by atoms with Crippen LogP contribution in [-0.4, -0.2) is 39.2 Å². The number of nitro benzene ring substituents is 1. The molecule has 9 nitrogen and oxygen atoms in total. The van der Waals surface area contributed by atoms with Gasteiger partial charge in [-0.1, -0.05) is 30.3 Å². The molecule has 1 aliphatic rings. The molecule has 32 heavy (non-hydrogen) atoms. The average molecular weight is 432 g/mol. The van der Waals surface area contributed by atoms with Crippen LogP contribution in [0.15, 0.2) is 66.9 Å². The first-order chi connectivity index (χ1) is 15.5. The predicted molar refractivity (Wildman–Crippen MR) is 117 cm³/mol. The number of esters is 1. The summed E-state index contributed by atoms with van der Waals surface area (Å²) in [4.78, 5) is 34.5. The van der Waals surface area contributed by atoms with E-state index in [1.807, 2.05) is 30.3 Å². The molecular formula is C23H20N4O5. The number of benzene rings is 2. The first-order valence-corrected chi connectivity index (χ1v) is 10.0. The van der Waals surface area contributed by atoms with Crippen molar-refractivity contribution in [1.82, 2.24) is 15.1 Å². The summed E-state index contributed by atoms with van der Waals surface area (Å²) in [7, 11) is 0. The Bertz CT molecular complexity index is 1180. The Labute approximate surface area is 183 Å². The van der Waals surface area contributed by atoms with Crippen LogP contribution in [0.2, 0.25) is 0 Å². The second kappa shape index (κ2) is 9.25. The third-order valence-electron chi connectivity index (χ3n) is 4.78. The second-order valence-corrected chi connectivity index (χ2v) is 7.30. The van der Waals surface area contributed by atoms with Crippen molar-refractivity contribution in [3.63, 3.8) is 0 Å². The molecule has 9 heteroatoms. The lowest BCUT2D eigenvalue weighted by atomic mass is 10.1. The molecule has 1 amide bonds. The number of hydrogen-bond donors (Lipinski definition) is 1. The molecule has 1 aromatic heterocycles. The number of amides is 1. The van der Waals surface area contributed by atoms with Crippen molar-refractivity contribution >= 4 is 23.6 Å². The highest BCUT2D eigenvalue weighted by Gasteiger charge is 2.23. The van der Waals surface area contributed by atoms with E-state index in [2.05, 4.69) is 10.4 Å². The zero-order valence-electron chi connectivity index (χ0n) is 17.0. The number of carbonyl (C=O) groups excluding carboxylic acids is 2. The van der Waals surface area contributed by atoms with Gasteiger partial charge in [0.25, 0.3) is 11.6 Å². The van der Waals surface area contributed by atoms with Gasteiger partial charge in [-0.05, 0) is 31.1 Å². The molecule has 0 bridgehead atoms. The van der Waals surface area contributed by atoms with Crippen LogP contribution in [0, 0.1) is 10.1 Å². The van der Waals surface area contributed by atoms with Crippen molar-refractivity contribution in [1.29, 1.82) is 0 Å². The van der Waals surface area contributed by atoms with E-state index in [1.165, 1.54) is 24.3 Å². The molecule has 162 valence electrons. The number of hydrogen-bond acceptors (Lipinski definition) is 6. The van der Waals surface area contributed by atoms with Gasteiger partial charge < -0.3 is 10.1 Å². The monoisotopic (exact) mass is 432 g/mol. The van der Waals surface area contributed by atoms with E-state index in [0.717, 1.165) is 18.5 Å². The number of para-hydroxylation sites is 1. The molecule has 0 unspecified atom stereocenters. The van der Waals surface area contributed by atoms with Gasteiger partial charge in [-0.3, -0.25) is 14.9 Å². The zero-order valence-corrected chi connectivity index (χ0v) is 17.0. The maximum atomic E-state index is 12.1. The molecule has 1 aliphatic carbocycles. The van der Waals surface area contributed by atoms with E-state index >= 15 is 0 Å². The standard InChI is InChI=1S/C23H20N4O5/c28-21(24-18-10-11-18)15-32-22(29)12-9-17-14-26(19-6-2-1-3-7-19)25-23(17)16-5-4-8-20(13-16)27(30)31/h1-9,12-14,18H,10-11,15H2,(H,24,28)/b12-9+. The summed E-state index contributed by atoms with van der Waals surface area (Å²) < 4.78 is 6.61. The largest absolute Gasteiger partial charge is 0.452 e. The summed E-state index contributed by atoms with van der Waals surface area (Å²) in [5.41, 5.74) is 2.29. The van der Waals surface area contributed by atoms with Crippen LogP contribution in [0.4, 0.5) is 5.69 Å². The summed E-state index contributed by atoms with van der Waals surface area (Å²) in [6.07, 6.45) is 6.34. The molecule has 1 heterocycles. The first-order valence-electron chi connectivity index (χ1n) is 10.0. The van der Waals surface area contributed by atoms with Crippen molar-refractivity contribution in [2.24, 2.45) is 0 Å². The van der Waals surface area contributed by atoms with Gasteiger partial charge in [-0.15, -0.1) is 0 Å². The third kappa shape index (κ3) is 5.25. The molecule has 1 fully saturated rings. The van der Waals surface area contributed by atoms with Crippen molar-refractivity contribution in [3.05, 3.63) is 82.5 Å². The van der Waals surface area contributed by atoms with Crippen LogP contribution in [0.5, 0.6) is 0 Å². The minimum atomic E-state index is -0.673. The van der Waals surface area contributed by atoms with Gasteiger partial charge in [0, 0.05) is 41.6 Å². The number of aromatic nitrogens is 2. The van der Waals surface area contributed by atoms with E-state index in [4.69, 9.17) is 4.74 Å². The average Bonchev–Trinajstić information content (AvgIpc) is 3.51. The summed E-state index contributed by atoms with van der Waals surface area (Å²) >= 11 is 0. The van der Waals surface area contributed by atoms with E-state index < -0.39 is 10.9 Å². The lowest BCUT2D eigenvalue weighted by molar-refractivity contribution is -0.384. The molecule has 0 atom stereocenters. The Balaban J connectivity index is 1.58. The Kier molecular flexibility index (Phi) is 6.07. The zero-order chi connectivity index (χ0) is 22.5. The first kappa shape index (κ1) is 21.0. The number of ether oxygens (including phenoxy) is 1. The van der Waals surface area contributed by atoms with Gasteiger partial charge in [0.2, 0.25) is 0 Å². The quantitative estimate of drug-likeness (QED) is 0.253. The van der Waals surface area contributed by atoms with Gasteiger partial charge in [0.05, 0.1) is 10.6 Å². The minimum Gasteiger partial charge on any atom is -0.452 e. The van der Waals surface area contributed by atoms with Crippen LogP contribution < -0.4 is 5.32 Å². The maximum Gasteiger partial charge on any atom is 0.331 e. The molecule has 4 rings (SSSR count). The number of nitrogens with zero attached hydrogens (tertiary/aromatic N) is 3. The molecule has 0 radical (unpaired) electrons. The summed E-state index contributed by atoms with van der Waals surface area (Å²) in [5.74, 6) is -1.00. The van der Waals surface area contributed by atoms with Gasteiger partial charge in [0.15, 0.2) is 6.61 Å². The van der Waals surface area contributed by atoms with Crippen molar-refractivity contribution in [2.45, 2.75) is 18.9 Å². The normalized spacial score (nSPS) is 13.1. The molecule has 1 N–H and O–H groups in total. The Morgan fingerprint density at radius 3 is 2.69 bits per heavy atom. The number of rotatable bonds is 8. The molecule has 0 saturated heterocycles. The highest BCUT2D eigenvalue weighted by atomic mass is 16.6. The molecule has 3 aromatic rings. The number of carbonyl (C=O) groups is 2. The van der Waals surface area contributed by atoms with E-state index in [1.54, 1.807) is 23.0 Å². The lowest BCUT2D eigenvalue weighted by Crippen LogP contribution is -2.30. The Morgan fingerprint density at radius 1 is 1.19 bits per heavy atom. The topological polar surface area (TPSA) is 116 Å². The summed E-state index contributed by atoms with van der Waals surface area (Å²) in [6.45, 7) is -0.347. The number of nitro groups is 1. The van der Waals surface area contributed by atoms with Gasteiger partial charge >= 0.3 is 5.97 Å². The van der Waals surface area contributed by atoms with Gasteiger partial charge in [0.1, 0.15) is 5.69 Å². The molecule has 1 saturated carbocycles. The highest BCUT2D eigenvalue weighted by molar-refractivity contribution is 5.90. The van der Waals surface area contributed by atoms with Gasteiger partial charge in [-0.2, -0.15) is 5.10 Å². The fourth-order valence-electron chi connectivity index (χ4n) is 3.05. The second-order valence-electron chi connectivity index (χ2n) is 7.30. The lowest BCUT2D eigenvalue weighted by Gasteiger charge is -2.03. The molecular weight excluding hydrogens is 412 g/mol. The van der Waals surface area contributed by atoms with Crippen molar-refractivity contribution < 1.29 is 19.2 Å².